The highest BCUT2D eigenvalue weighted by Crippen LogP contribution is 1.38. The molecule has 0 aliphatic rings. The van der Waals surface area contributed by atoms with Crippen LogP contribution in [0.25, 0.3) is 0 Å². The van der Waals surface area contributed by atoms with E-state index in [0.29, 0.717) is 0 Å². The summed E-state index contributed by atoms with van der Waals surface area (Å²) in [6, 6.07) is 0. The van der Waals surface area contributed by atoms with Gasteiger partial charge in [-0.15, -0.1) is 6.58 Å². The van der Waals surface area contributed by atoms with Crippen LogP contribution >= 0.6 is 0 Å². The molecule has 0 bridgehead atoms. The molecule has 1 heteroatoms. The van der Waals surface area contributed by atoms with Crippen molar-refractivity contribution >= 4 is 0 Å². The monoisotopic (exact) mass is 101 g/mol. The van der Waals surface area contributed by atoms with Gasteiger partial charge in [-0.25, -0.2) is 0 Å². The molecule has 0 fully saturated rings. The minimum absolute atomic E-state index is 1.07. The topological polar surface area (TPSA) is 12.0 Å². The van der Waals surface area contributed by atoms with Crippen LogP contribution in [0.2, 0.25) is 0 Å². The van der Waals surface area contributed by atoms with Gasteiger partial charge in [0.25, 0.3) is 0 Å². The Balaban J connectivity index is 0. The quantitative estimate of drug-likeness (QED) is 0.492. The van der Waals surface area contributed by atoms with Crippen molar-refractivity contribution in [1.82, 2.24) is 5.32 Å². The molecule has 0 unspecified atom stereocenters. The number of allylic oxidation sites excluding steroid dienone is 1. The lowest BCUT2D eigenvalue weighted by atomic mass is 10.8. The van der Waals surface area contributed by atoms with Gasteiger partial charge in [-0.05, 0) is 20.5 Å². The summed E-state index contributed by atoms with van der Waals surface area (Å²) in [7, 11) is 1.93. The number of rotatable bonds is 1. The molecule has 0 saturated carbocycles. The predicted octanol–water partition coefficient (Wildman–Crippen LogP) is 1.42. The summed E-state index contributed by atoms with van der Waals surface area (Å²) >= 11 is 0. The van der Waals surface area contributed by atoms with Crippen molar-refractivity contribution in [1.29, 1.82) is 0 Å². The van der Waals surface area contributed by atoms with Crippen molar-refractivity contribution in [2.75, 3.05) is 13.6 Å². The van der Waals surface area contributed by atoms with E-state index in [0.717, 1.165) is 6.54 Å². The van der Waals surface area contributed by atoms with E-state index in [1.54, 1.807) is 6.08 Å². The van der Waals surface area contributed by atoms with Crippen LogP contribution in [0.15, 0.2) is 12.7 Å². The highest BCUT2D eigenvalue weighted by molar-refractivity contribution is 4.51. The van der Waals surface area contributed by atoms with Gasteiger partial charge in [0.15, 0.2) is 0 Å². The van der Waals surface area contributed by atoms with Crippen LogP contribution < -0.4 is 5.32 Å². The molecular formula is C6H15N. The van der Waals surface area contributed by atoms with E-state index in [9.17, 15) is 0 Å². The molecule has 1 nitrogen and oxygen atoms in total. The van der Waals surface area contributed by atoms with Gasteiger partial charge >= 0.3 is 0 Å². The van der Waals surface area contributed by atoms with Crippen molar-refractivity contribution in [3.05, 3.63) is 12.7 Å². The molecule has 7 heavy (non-hydrogen) atoms. The summed E-state index contributed by atoms with van der Waals surface area (Å²) in [6.45, 7) is 8.39. The lowest BCUT2D eigenvalue weighted by Crippen LogP contribution is -2.01. The van der Waals surface area contributed by atoms with Crippen LogP contribution in [0.4, 0.5) is 0 Å². The Bertz CT molecular complexity index is 23.4. The lowest BCUT2D eigenvalue weighted by Gasteiger charge is -1.76. The van der Waals surface area contributed by atoms with Crippen molar-refractivity contribution in [2.24, 2.45) is 0 Å². The zero-order valence-corrected chi connectivity index (χ0v) is 5.49. The predicted molar refractivity (Wildman–Crippen MR) is 35.5 cm³/mol. The third-order valence-corrected chi connectivity index (χ3v) is 0.354. The molecule has 0 rings (SSSR count). The first kappa shape index (κ1) is 9.85. The fourth-order valence-corrected chi connectivity index (χ4v) is 0. The van der Waals surface area contributed by atoms with Gasteiger partial charge in [0.1, 0.15) is 0 Å². The number of hydrogen-bond donors (Lipinski definition) is 1. The van der Waals surface area contributed by atoms with Gasteiger partial charge in [0.05, 0.1) is 0 Å². The molecule has 44 valence electrons. The van der Waals surface area contributed by atoms with Gasteiger partial charge < -0.3 is 5.32 Å². The molecule has 0 radical (unpaired) electrons. The van der Waals surface area contributed by atoms with Crippen LogP contribution in [0.1, 0.15) is 13.8 Å². The molecular weight excluding hydrogens is 86.1 g/mol. The zero-order valence-electron chi connectivity index (χ0n) is 5.49. The average Bonchev–Trinajstić information content (AvgIpc) is 1.69. The fourth-order valence-electron chi connectivity index (χ4n) is 0. The van der Waals surface area contributed by atoms with E-state index in [-0.39, 0.29) is 0 Å². The van der Waals surface area contributed by atoms with E-state index >= 15 is 0 Å². The minimum Gasteiger partial charge on any atom is -0.320 e. The van der Waals surface area contributed by atoms with Crippen LogP contribution in [0, 0.1) is 0 Å². The molecule has 0 aromatic heterocycles. The molecule has 1 N–H and O–H groups in total. The van der Waals surface area contributed by atoms with Crippen LogP contribution in [0.5, 0.6) is 0 Å². The maximum Gasteiger partial charge on any atom is -0.00804 e. The van der Waals surface area contributed by atoms with Crippen molar-refractivity contribution in [2.45, 2.75) is 13.8 Å². The minimum atomic E-state index is 1.07. The Kier molecular flexibility index (Phi) is 24.3. The summed E-state index contributed by atoms with van der Waals surface area (Å²) in [5.41, 5.74) is 0. The first-order chi connectivity index (χ1) is 3.33. The van der Waals surface area contributed by atoms with Gasteiger partial charge in [-0.2, -0.15) is 0 Å². The number of hydrogen-bond acceptors (Lipinski definition) is 1. The highest BCUT2D eigenvalue weighted by Gasteiger charge is 1.50. The first-order valence-electron chi connectivity index (χ1n) is 2.55. The second-order valence-corrected chi connectivity index (χ2v) is 1.12. The standard InChI is InChI=1S/C3H9N.C3H6/c1-3-4-2;1-3-2/h4H,3H2,1-2H3;3H,1H2,2H3. The smallest absolute Gasteiger partial charge is 0.00804 e. The van der Waals surface area contributed by atoms with Gasteiger partial charge in [-0.3, -0.25) is 0 Å². The summed E-state index contributed by atoms with van der Waals surface area (Å²) < 4.78 is 0. The molecule has 0 atom stereocenters. The van der Waals surface area contributed by atoms with E-state index in [1.165, 1.54) is 0 Å². The third kappa shape index (κ3) is 159. The molecule has 0 spiro atoms. The van der Waals surface area contributed by atoms with Crippen LogP contribution in [0.3, 0.4) is 0 Å². The SMILES string of the molecule is C=CC.CCNC. The molecule has 0 aliphatic heterocycles. The maximum atomic E-state index is 3.36. The van der Waals surface area contributed by atoms with Gasteiger partial charge in [0, 0.05) is 0 Å². The normalized spacial score (nSPS) is 6.14. The largest absolute Gasteiger partial charge is 0.320 e. The molecule has 0 aliphatic carbocycles. The van der Waals surface area contributed by atoms with E-state index in [2.05, 4.69) is 18.8 Å². The zero-order chi connectivity index (χ0) is 6.12. The maximum absolute atomic E-state index is 3.36. The van der Waals surface area contributed by atoms with Gasteiger partial charge in [0.2, 0.25) is 0 Å². The Morgan fingerprint density at radius 3 is 1.86 bits per heavy atom. The molecule has 0 amide bonds. The Morgan fingerprint density at radius 2 is 1.86 bits per heavy atom. The molecule has 0 saturated heterocycles. The van der Waals surface area contributed by atoms with E-state index in [1.807, 2.05) is 14.0 Å². The second-order valence-electron chi connectivity index (χ2n) is 1.12. The Morgan fingerprint density at radius 1 is 1.71 bits per heavy atom. The lowest BCUT2D eigenvalue weighted by molar-refractivity contribution is 0.864. The van der Waals surface area contributed by atoms with E-state index < -0.39 is 0 Å². The molecule has 0 heterocycles. The molecule has 0 aromatic carbocycles. The van der Waals surface area contributed by atoms with Crippen molar-refractivity contribution < 1.29 is 0 Å². The first-order valence-corrected chi connectivity index (χ1v) is 2.55. The summed E-state index contributed by atoms with van der Waals surface area (Å²) in [5, 5.41) is 2.93. The summed E-state index contributed by atoms with van der Waals surface area (Å²) in [6.07, 6.45) is 1.75. The van der Waals surface area contributed by atoms with Crippen LogP contribution in [-0.2, 0) is 0 Å². The van der Waals surface area contributed by atoms with Crippen LogP contribution in [-0.4, -0.2) is 13.6 Å². The van der Waals surface area contributed by atoms with Crippen molar-refractivity contribution in [3.8, 4) is 0 Å². The van der Waals surface area contributed by atoms with E-state index in [4.69, 9.17) is 0 Å². The molecule has 0 aromatic rings. The highest BCUT2D eigenvalue weighted by atomic mass is 14.8. The average molecular weight is 101 g/mol. The van der Waals surface area contributed by atoms with Gasteiger partial charge in [-0.1, -0.05) is 13.0 Å². The summed E-state index contributed by atoms with van der Waals surface area (Å²) in [4.78, 5) is 0. The number of nitrogens with one attached hydrogen (secondary N) is 1. The van der Waals surface area contributed by atoms with Crippen molar-refractivity contribution in [3.63, 3.8) is 0 Å². The Labute approximate surface area is 46.4 Å². The summed E-state index contributed by atoms with van der Waals surface area (Å²) in [5.74, 6) is 0. The third-order valence-electron chi connectivity index (χ3n) is 0.354. The Hall–Kier alpha value is -0.300. The second kappa shape index (κ2) is 17.3. The fraction of sp³-hybridized carbons (Fsp3) is 0.667.